The number of quaternary nitrogens is 1. The second-order valence-corrected chi connectivity index (χ2v) is 16.6. The highest BCUT2D eigenvalue weighted by Gasteiger charge is 2.30. The van der Waals surface area contributed by atoms with Crippen LogP contribution in [0.5, 0.6) is 0 Å². The van der Waals surface area contributed by atoms with Crippen LogP contribution in [0.2, 0.25) is 0 Å². The van der Waals surface area contributed by atoms with Gasteiger partial charge in [0.1, 0.15) is 12.6 Å². The number of allylic oxidation sites excluding steroid dienone is 2. The summed E-state index contributed by atoms with van der Waals surface area (Å²) in [5, 5.41) is 9.67. The fourth-order valence-corrected chi connectivity index (χ4v) is 6.79. The Morgan fingerprint density at radius 3 is 1.54 bits per heavy atom. The van der Waals surface area contributed by atoms with Gasteiger partial charge in [-0.3, -0.25) is 14.2 Å². The van der Waals surface area contributed by atoms with Crippen LogP contribution in [0.3, 0.4) is 0 Å². The topological polar surface area (TPSA) is 122 Å². The van der Waals surface area contributed by atoms with E-state index in [1.807, 2.05) is 21.1 Å². The molecule has 9 nitrogen and oxygen atoms in total. The summed E-state index contributed by atoms with van der Waals surface area (Å²) in [5.41, 5.74) is 0. The molecule has 296 valence electrons. The summed E-state index contributed by atoms with van der Waals surface area (Å²) in [5.74, 6) is -0.768. The number of nitrogens with zero attached hydrogens (tertiary/aromatic N) is 1. The first kappa shape index (κ1) is 48.9. The number of aliphatic hydroxyl groups excluding tert-OH is 1. The zero-order chi connectivity index (χ0) is 37.4. The lowest BCUT2D eigenvalue weighted by Gasteiger charge is -2.32. The van der Waals surface area contributed by atoms with Gasteiger partial charge >= 0.3 is 5.97 Å². The normalized spacial score (nSPS) is 14.5. The number of hydrogen-bond donors (Lipinski definition) is 1. The van der Waals surface area contributed by atoms with Crippen molar-refractivity contribution in [1.82, 2.24) is 0 Å². The van der Waals surface area contributed by atoms with Gasteiger partial charge in [-0.25, -0.2) is 0 Å². The van der Waals surface area contributed by atoms with Crippen LogP contribution in [0, 0.1) is 0 Å². The molecule has 0 aliphatic carbocycles. The van der Waals surface area contributed by atoms with Crippen molar-refractivity contribution in [2.24, 2.45) is 0 Å². The Morgan fingerprint density at radius 2 is 1.10 bits per heavy atom. The molecule has 0 aromatic carbocycles. The summed E-state index contributed by atoms with van der Waals surface area (Å²) in [4.78, 5) is 38.1. The standard InChI is InChI=1S/C40H78NO8P/c1-6-8-10-12-14-16-18-19-20-21-23-24-26-28-30-32-38(43)39(34-41(3,4)5)49-50(45,46)47-36-37(35-42)48-40(44)33-31-29-27-25-22-17-15-13-11-9-7-2/h19-20,37,39,42H,6-18,21-36H2,1-5H3/b20-19-/t37-,39?/m1/s1. The first-order valence-corrected chi connectivity index (χ1v) is 21.8. The summed E-state index contributed by atoms with van der Waals surface area (Å²) in [6.45, 7) is 3.48. The Hall–Kier alpha value is -1.09. The van der Waals surface area contributed by atoms with Gasteiger partial charge in [-0.05, 0) is 38.5 Å². The Labute approximate surface area is 307 Å². The Kier molecular flexibility index (Phi) is 31.8. The second kappa shape index (κ2) is 32.6. The summed E-state index contributed by atoms with van der Waals surface area (Å²) in [6, 6.07) is 0. The molecule has 50 heavy (non-hydrogen) atoms. The zero-order valence-electron chi connectivity index (χ0n) is 33.0. The van der Waals surface area contributed by atoms with Crippen LogP contribution in [0.1, 0.15) is 181 Å². The smallest absolute Gasteiger partial charge is 0.306 e. The van der Waals surface area contributed by atoms with Crippen LogP contribution in [0.15, 0.2) is 12.2 Å². The molecule has 0 heterocycles. The summed E-state index contributed by atoms with van der Waals surface area (Å²) >= 11 is 0. The van der Waals surface area contributed by atoms with Crippen molar-refractivity contribution in [2.45, 2.75) is 193 Å². The molecule has 3 atom stereocenters. The quantitative estimate of drug-likeness (QED) is 0.0220. The van der Waals surface area contributed by atoms with Gasteiger partial charge in [-0.2, -0.15) is 0 Å². The molecule has 0 amide bonds. The van der Waals surface area contributed by atoms with Crippen LogP contribution >= 0.6 is 7.82 Å². The molecule has 0 radical (unpaired) electrons. The van der Waals surface area contributed by atoms with E-state index in [0.717, 1.165) is 51.4 Å². The third-order valence-electron chi connectivity index (χ3n) is 8.92. The van der Waals surface area contributed by atoms with Gasteiger partial charge in [0.2, 0.25) is 0 Å². The van der Waals surface area contributed by atoms with Gasteiger partial charge in [-0.15, -0.1) is 0 Å². The summed E-state index contributed by atoms with van der Waals surface area (Å²) in [7, 11) is 0.669. The van der Waals surface area contributed by atoms with E-state index in [9.17, 15) is 24.2 Å². The van der Waals surface area contributed by atoms with E-state index in [1.165, 1.54) is 89.9 Å². The highest BCUT2D eigenvalue weighted by Crippen LogP contribution is 2.41. The van der Waals surface area contributed by atoms with Crippen molar-refractivity contribution in [3.63, 3.8) is 0 Å². The lowest BCUT2D eigenvalue weighted by Crippen LogP contribution is -2.45. The van der Waals surface area contributed by atoms with Crippen molar-refractivity contribution in [3.05, 3.63) is 12.2 Å². The van der Waals surface area contributed by atoms with E-state index < -0.39 is 39.2 Å². The molecule has 0 bridgehead atoms. The number of aliphatic hydroxyl groups is 1. The fourth-order valence-electron chi connectivity index (χ4n) is 5.89. The maximum absolute atomic E-state index is 13.1. The van der Waals surface area contributed by atoms with E-state index in [2.05, 4.69) is 26.0 Å². The zero-order valence-corrected chi connectivity index (χ0v) is 33.9. The Bertz CT molecular complexity index is 891. The molecule has 0 aromatic rings. The average molecular weight is 732 g/mol. The molecule has 0 spiro atoms. The number of likely N-dealkylation sites (N-methyl/N-ethyl adjacent to an activating group) is 1. The molecule has 10 heteroatoms. The summed E-state index contributed by atoms with van der Waals surface area (Å²) < 4.78 is 28.6. The van der Waals surface area contributed by atoms with Crippen LogP contribution in [0.4, 0.5) is 0 Å². The maximum Gasteiger partial charge on any atom is 0.306 e. The van der Waals surface area contributed by atoms with Gasteiger partial charge in [0.05, 0.1) is 34.4 Å². The summed E-state index contributed by atoms with van der Waals surface area (Å²) in [6.07, 6.45) is 30.6. The number of hydrogen-bond acceptors (Lipinski definition) is 8. The van der Waals surface area contributed by atoms with Crippen molar-refractivity contribution in [2.75, 3.05) is 40.9 Å². The molecule has 0 fully saturated rings. The third-order valence-corrected chi connectivity index (χ3v) is 9.90. The molecular weight excluding hydrogens is 653 g/mol. The van der Waals surface area contributed by atoms with Gasteiger partial charge < -0.3 is 28.3 Å². The minimum atomic E-state index is -4.91. The number of unbranched alkanes of at least 4 members (excludes halogenated alkanes) is 21. The maximum atomic E-state index is 13.1. The van der Waals surface area contributed by atoms with Crippen LogP contribution in [0.25, 0.3) is 0 Å². The highest BCUT2D eigenvalue weighted by molar-refractivity contribution is 7.45. The number of ether oxygens (including phenoxy) is 1. The van der Waals surface area contributed by atoms with E-state index in [4.69, 9.17) is 13.8 Å². The SMILES string of the molecule is CCCCCCCC/C=C\CCCCCCCC(=O)C(C[N+](C)(C)C)OP(=O)([O-])OC[C@@H](CO)OC(=O)CCCCCCCCCCCCC. The first-order chi connectivity index (χ1) is 23.9. The van der Waals surface area contributed by atoms with Gasteiger partial charge in [0, 0.05) is 12.8 Å². The molecule has 2 unspecified atom stereocenters. The Balaban J connectivity index is 4.36. The molecule has 0 rings (SSSR count). The van der Waals surface area contributed by atoms with Crippen LogP contribution in [-0.2, 0) is 27.9 Å². The Morgan fingerprint density at radius 1 is 0.680 bits per heavy atom. The number of esters is 1. The first-order valence-electron chi connectivity index (χ1n) is 20.4. The second-order valence-electron chi connectivity index (χ2n) is 15.2. The number of phosphoric acid groups is 1. The number of phosphoric ester groups is 1. The number of carbonyl (C=O) groups excluding carboxylic acids is 2. The van der Waals surface area contributed by atoms with Crippen LogP contribution in [-0.4, -0.2) is 74.5 Å². The highest BCUT2D eigenvalue weighted by atomic mass is 31.2. The monoisotopic (exact) mass is 732 g/mol. The fraction of sp³-hybridized carbons (Fsp3) is 0.900. The van der Waals surface area contributed by atoms with E-state index >= 15 is 0 Å². The van der Waals surface area contributed by atoms with Gasteiger partial charge in [0.15, 0.2) is 11.9 Å². The molecule has 0 aromatic heterocycles. The minimum Gasteiger partial charge on any atom is -0.756 e. The van der Waals surface area contributed by atoms with Crippen molar-refractivity contribution >= 4 is 19.6 Å². The molecule has 0 saturated heterocycles. The van der Waals surface area contributed by atoms with E-state index in [1.54, 1.807) is 0 Å². The molecular formula is C40H78NO8P. The minimum absolute atomic E-state index is 0.164. The number of Topliss-reactive ketones (excluding diaryl/α,β-unsaturated/α-hetero) is 1. The van der Waals surface area contributed by atoms with E-state index in [0.29, 0.717) is 17.3 Å². The van der Waals surface area contributed by atoms with Crippen molar-refractivity contribution in [1.29, 1.82) is 0 Å². The van der Waals surface area contributed by atoms with Gasteiger partial charge in [0.25, 0.3) is 7.82 Å². The lowest BCUT2D eigenvalue weighted by molar-refractivity contribution is -0.872. The third kappa shape index (κ3) is 32.8. The molecule has 0 aliphatic rings. The molecule has 0 saturated carbocycles. The average Bonchev–Trinajstić information content (AvgIpc) is 3.06. The predicted molar refractivity (Wildman–Crippen MR) is 204 cm³/mol. The largest absolute Gasteiger partial charge is 0.756 e. The molecule has 1 N–H and O–H groups in total. The van der Waals surface area contributed by atoms with E-state index in [-0.39, 0.29) is 25.2 Å². The number of carbonyl (C=O) groups is 2. The van der Waals surface area contributed by atoms with Crippen LogP contribution < -0.4 is 4.89 Å². The number of ketones is 1. The van der Waals surface area contributed by atoms with Crippen molar-refractivity contribution in [3.8, 4) is 0 Å². The number of rotatable bonds is 37. The predicted octanol–water partition coefficient (Wildman–Crippen LogP) is 9.77. The molecule has 0 aliphatic heterocycles. The van der Waals surface area contributed by atoms with Crippen molar-refractivity contribution < 1.29 is 42.4 Å². The van der Waals surface area contributed by atoms with Gasteiger partial charge in [-0.1, -0.05) is 142 Å². The lowest BCUT2D eigenvalue weighted by atomic mass is 10.0.